The second-order valence-electron chi connectivity index (χ2n) is 34.7. The molecular formula is C118H144P20. The molecule has 20 unspecified atom stereocenters. The van der Waals surface area contributed by atoms with Crippen LogP contribution in [0.4, 0.5) is 0 Å². The second kappa shape index (κ2) is 60.4. The van der Waals surface area contributed by atoms with Crippen molar-refractivity contribution in [3.63, 3.8) is 0 Å². The third-order valence-corrected chi connectivity index (χ3v) is 34.1. The minimum absolute atomic E-state index is 1.01. The van der Waals surface area contributed by atoms with Gasteiger partial charge in [-0.05, 0) is 391 Å². The first-order valence-corrected chi connectivity index (χ1v) is 60.8. The van der Waals surface area contributed by atoms with Crippen molar-refractivity contribution in [1.29, 1.82) is 0 Å². The summed E-state index contributed by atoms with van der Waals surface area (Å²) in [5, 5.41) is 10.0. The lowest BCUT2D eigenvalue weighted by Gasteiger charge is -2.11. The number of aryl methyl sites for hydroxylation is 10. The molecule has 20 atom stereocenters. The van der Waals surface area contributed by atoms with E-state index in [1.165, 1.54) is 254 Å². The molecule has 0 heterocycles. The molecular weight excluding hydrogens is 2040 g/mol. The maximum atomic E-state index is 2.82. The van der Waals surface area contributed by atoms with E-state index in [1.54, 1.807) is 0 Å². The maximum Gasteiger partial charge on any atom is -0.0125 e. The first-order valence-electron chi connectivity index (χ1n) is 46.4. The zero-order valence-corrected chi connectivity index (χ0v) is 105. The molecule has 0 spiro atoms. The van der Waals surface area contributed by atoms with Gasteiger partial charge in [0.05, 0.1) is 0 Å². The van der Waals surface area contributed by atoms with Gasteiger partial charge in [-0.1, -0.05) is 309 Å². The Hall–Kier alpha value is -3.88. The Balaban J connectivity index is 0.000000177. The van der Waals surface area contributed by atoms with Gasteiger partial charge in [-0.3, -0.25) is 0 Å². The van der Waals surface area contributed by atoms with Crippen molar-refractivity contribution >= 4 is 227 Å². The van der Waals surface area contributed by atoms with Gasteiger partial charge < -0.3 is 0 Å². The van der Waals surface area contributed by atoms with E-state index in [2.05, 4.69) is 557 Å². The number of rotatable bonds is 20. The lowest BCUT2D eigenvalue weighted by atomic mass is 9.97. The molecule has 0 aromatic heterocycles. The van der Waals surface area contributed by atoms with E-state index in [0.717, 1.165) is 73.9 Å². The van der Waals surface area contributed by atoms with Crippen LogP contribution in [-0.2, 0) is 73.9 Å². The summed E-state index contributed by atoms with van der Waals surface area (Å²) in [4.78, 5) is 0. The van der Waals surface area contributed by atoms with Gasteiger partial charge in [0.2, 0.25) is 0 Å². The van der Waals surface area contributed by atoms with Crippen LogP contribution in [0.15, 0.2) is 303 Å². The highest BCUT2D eigenvalue weighted by Crippen LogP contribution is 2.36. The summed E-state index contributed by atoms with van der Waals surface area (Å²) in [6.07, 6.45) is 12.2. The van der Waals surface area contributed by atoms with Crippen LogP contribution in [0.1, 0.15) is 122 Å². The Bertz CT molecular complexity index is 6440. The second-order valence-corrected chi connectivity index (χ2v) is 44.8. The molecule has 0 amide bonds. The first-order chi connectivity index (χ1) is 66.2. The van der Waals surface area contributed by atoms with Gasteiger partial charge in [0.15, 0.2) is 0 Å². The summed E-state index contributed by atoms with van der Waals surface area (Å²) in [5.41, 5.74) is 51.1. The standard InChI is InChI=1S/5C15H19P3.C15H17P.C14H17P3.C14H15P/c1-10-4-13(2-3-15(10)18)14-6-11(8-16)5-12(7-14)9-17;2*1-10-6-11(4-5-15(10)18)12-2-3-13(8-16)14(7-12)9-17;2*1-10-6-14(18)4-5-15(10)11-2-3-12(8-16)13(7-11)9-17;1-10-4-5-13(8-11(10)2)14-6-7-15(16)12(3)9-14;15-8-12-2-1-11(7-13(12)9-16)10-3-5-14(17)6-4-10;1-10-3-8-14(11(2)9-10)12-4-6-13(15)7-5-12/h5*2-7H,8-9,16-18H2,1H3;4-9H,16H2,1-3H3;1-7H,8-9,15-17H2;3-9H,15H2,1-2H3. The number of hydrogen-bond acceptors (Lipinski definition) is 0. The molecule has 0 saturated heterocycles. The Labute approximate surface area is 877 Å². The van der Waals surface area contributed by atoms with Gasteiger partial charge in [0.25, 0.3) is 0 Å². The summed E-state index contributed by atoms with van der Waals surface area (Å²) in [5.74, 6) is 0. The minimum atomic E-state index is 1.01. The van der Waals surface area contributed by atoms with Crippen LogP contribution >= 0.6 is 185 Å². The summed E-state index contributed by atoms with van der Waals surface area (Å²) in [7, 11) is 55.7. The SMILES string of the molecule is Cc1cc(-c2cc(CP)cc(CP)c2)ccc1P.Cc1cc(-c2ccc(CP)c(CP)c2)ccc1P.Cc1cc(-c2ccc(CP)c(CP)c2)ccc1P.Cc1cc(P)ccc1-c1ccc(CP)c(CP)c1.Cc1cc(P)ccc1-c1ccc(CP)c(CP)c1.Cc1ccc(-c2ccc(P)c(C)c2)cc1C.Cc1ccc(-c2ccc(P)cc2)c(C)c1.PCc1ccc(-c2ccc(P)cc2)cc1CP. The van der Waals surface area contributed by atoms with E-state index >= 15 is 0 Å². The molecule has 0 saturated carbocycles. The van der Waals surface area contributed by atoms with E-state index in [1.807, 2.05) is 0 Å². The predicted octanol–water partition coefficient (Wildman–Crippen LogP) is 30.4. The van der Waals surface area contributed by atoms with Crippen molar-refractivity contribution in [3.8, 4) is 89.0 Å². The van der Waals surface area contributed by atoms with Crippen molar-refractivity contribution in [2.45, 2.75) is 143 Å². The molecule has 0 nitrogen and oxygen atoms in total. The fraction of sp³-hybridized carbons (Fsp3) is 0.186. The van der Waals surface area contributed by atoms with Crippen molar-refractivity contribution in [2.24, 2.45) is 0 Å². The Morgan fingerprint density at radius 3 is 0.659 bits per heavy atom. The smallest absolute Gasteiger partial charge is 0.0125 e. The molecule has 16 rings (SSSR count). The minimum Gasteiger partial charge on any atom is -0.133 e. The van der Waals surface area contributed by atoms with Crippen LogP contribution in [0.25, 0.3) is 89.0 Å². The largest absolute Gasteiger partial charge is 0.133 e. The molecule has 0 bridgehead atoms. The lowest BCUT2D eigenvalue weighted by Crippen LogP contribution is -1.96. The summed E-state index contributed by atoms with van der Waals surface area (Å²) >= 11 is 0. The van der Waals surface area contributed by atoms with Gasteiger partial charge in [-0.25, -0.2) is 0 Å². The average molecular weight is 2180 g/mol. The summed E-state index contributed by atoms with van der Waals surface area (Å²) < 4.78 is 0. The zero-order valence-electron chi connectivity index (χ0n) is 81.9. The molecule has 0 aliphatic rings. The topological polar surface area (TPSA) is 0 Å². The van der Waals surface area contributed by atoms with Crippen LogP contribution in [0, 0.1) is 69.2 Å². The van der Waals surface area contributed by atoms with Crippen molar-refractivity contribution in [3.05, 3.63) is 426 Å². The number of hydrogen-bond donors (Lipinski definition) is 0. The third-order valence-electron chi connectivity index (χ3n) is 24.6. The normalized spacial score (nSPS) is 10.6. The molecule has 20 heteroatoms. The van der Waals surface area contributed by atoms with Gasteiger partial charge in [0, 0.05) is 0 Å². The predicted molar refractivity (Wildman–Crippen MR) is 698 cm³/mol. The fourth-order valence-electron chi connectivity index (χ4n) is 16.0. The van der Waals surface area contributed by atoms with Crippen LogP contribution < -0.4 is 42.4 Å². The van der Waals surface area contributed by atoms with Crippen molar-refractivity contribution in [2.75, 3.05) is 0 Å². The van der Waals surface area contributed by atoms with Gasteiger partial charge in [-0.2, -0.15) is 0 Å². The van der Waals surface area contributed by atoms with Crippen molar-refractivity contribution in [1.82, 2.24) is 0 Å². The molecule has 0 aliphatic heterocycles. The highest BCUT2D eigenvalue weighted by Gasteiger charge is 2.14. The van der Waals surface area contributed by atoms with Crippen molar-refractivity contribution < 1.29 is 0 Å². The molecule has 138 heavy (non-hydrogen) atoms. The molecule has 0 aliphatic carbocycles. The molecule has 16 aromatic carbocycles. The maximum absolute atomic E-state index is 2.82. The molecule has 0 fully saturated rings. The Morgan fingerprint density at radius 2 is 0.370 bits per heavy atom. The highest BCUT2D eigenvalue weighted by molar-refractivity contribution is 7.29. The Kier molecular flexibility index (Phi) is 51.5. The molecule has 0 N–H and O–H groups in total. The molecule has 716 valence electrons. The molecule has 16 aromatic rings. The lowest BCUT2D eigenvalue weighted by molar-refractivity contribution is 1.28. The van der Waals surface area contributed by atoms with E-state index in [-0.39, 0.29) is 0 Å². The monoisotopic (exact) mass is 2180 g/mol. The third kappa shape index (κ3) is 35.5. The first kappa shape index (κ1) is 118. The Morgan fingerprint density at radius 1 is 0.138 bits per heavy atom. The quantitative estimate of drug-likeness (QED) is 0.0667. The number of benzene rings is 16. The fourth-order valence-corrected chi connectivity index (χ4v) is 22.1. The van der Waals surface area contributed by atoms with E-state index in [9.17, 15) is 0 Å². The van der Waals surface area contributed by atoms with Crippen LogP contribution in [0.5, 0.6) is 0 Å². The zero-order chi connectivity index (χ0) is 100. The van der Waals surface area contributed by atoms with E-state index < -0.39 is 0 Å². The average Bonchev–Trinajstić information content (AvgIpc) is 0.801. The van der Waals surface area contributed by atoms with Gasteiger partial charge in [0.1, 0.15) is 0 Å². The van der Waals surface area contributed by atoms with Crippen LogP contribution in [0.2, 0.25) is 0 Å². The van der Waals surface area contributed by atoms with Crippen LogP contribution in [-0.4, -0.2) is 0 Å². The molecule has 0 radical (unpaired) electrons. The summed E-state index contributed by atoms with van der Waals surface area (Å²) in [6.45, 7) is 21.6. The van der Waals surface area contributed by atoms with E-state index in [0.29, 0.717) is 0 Å². The van der Waals surface area contributed by atoms with Crippen LogP contribution in [0.3, 0.4) is 0 Å². The van der Waals surface area contributed by atoms with Gasteiger partial charge >= 0.3 is 0 Å². The summed E-state index contributed by atoms with van der Waals surface area (Å²) in [6, 6.07) is 111. The van der Waals surface area contributed by atoms with Gasteiger partial charge in [-0.15, -0.1) is 185 Å². The van der Waals surface area contributed by atoms with E-state index in [4.69, 9.17) is 0 Å². The highest BCUT2D eigenvalue weighted by atomic mass is 31.0.